The number of benzene rings is 2. The molecule has 0 aliphatic heterocycles. The fourth-order valence-electron chi connectivity index (χ4n) is 1.89. The second kappa shape index (κ2) is 3.09. The van der Waals surface area contributed by atoms with Crippen LogP contribution in [0, 0.1) is 0 Å². The van der Waals surface area contributed by atoms with Crippen LogP contribution in [0.4, 0.5) is 0 Å². The largest absolute Gasteiger partial charge is 0.256 e. The molecule has 0 aliphatic rings. The Kier molecular flexibility index (Phi) is 1.75. The second-order valence-electron chi connectivity index (χ2n) is 3.63. The third-order valence-corrected chi connectivity index (χ3v) is 2.60. The summed E-state index contributed by atoms with van der Waals surface area (Å²) >= 11 is 0. The van der Waals surface area contributed by atoms with Crippen molar-refractivity contribution in [2.75, 3.05) is 0 Å². The summed E-state index contributed by atoms with van der Waals surface area (Å²) in [5.41, 5.74) is 1.72. The van der Waals surface area contributed by atoms with Gasteiger partial charge in [0.05, 0.1) is 5.52 Å². The topological polar surface area (TPSA) is 12.9 Å². The van der Waals surface area contributed by atoms with E-state index < -0.39 is 0 Å². The smallest absolute Gasteiger partial charge is 0.115 e. The Morgan fingerprint density at radius 2 is 1.73 bits per heavy atom. The molecule has 0 spiro atoms. The van der Waals surface area contributed by atoms with Gasteiger partial charge >= 0.3 is 0 Å². The minimum atomic E-state index is 0.706. The van der Waals surface area contributed by atoms with Crippen LogP contribution in [0.5, 0.6) is 0 Å². The Bertz CT molecular complexity index is 646. The molecule has 0 amide bonds. The summed E-state index contributed by atoms with van der Waals surface area (Å²) in [5.74, 6) is 0. The maximum absolute atomic E-state index is 5.71. The van der Waals surface area contributed by atoms with Crippen molar-refractivity contribution in [2.45, 2.75) is 0 Å². The SMILES string of the molecule is [B]c1cnc2c(ccc3ccccc32)c1. The molecule has 1 nitrogen and oxygen atoms in total. The van der Waals surface area contributed by atoms with Crippen molar-refractivity contribution in [3.8, 4) is 0 Å². The monoisotopic (exact) mass is 189 g/mol. The lowest BCUT2D eigenvalue weighted by atomic mass is 9.96. The van der Waals surface area contributed by atoms with Gasteiger partial charge in [0.25, 0.3) is 0 Å². The fourth-order valence-corrected chi connectivity index (χ4v) is 1.89. The molecule has 0 aliphatic carbocycles. The number of pyridine rings is 1. The summed E-state index contributed by atoms with van der Waals surface area (Å²) < 4.78 is 0. The van der Waals surface area contributed by atoms with Crippen molar-refractivity contribution in [3.05, 3.63) is 48.7 Å². The number of hydrogen-bond donors (Lipinski definition) is 0. The molecule has 2 radical (unpaired) electrons. The van der Waals surface area contributed by atoms with Crippen LogP contribution in [-0.4, -0.2) is 12.8 Å². The molecule has 0 bridgehead atoms. The second-order valence-corrected chi connectivity index (χ2v) is 3.63. The van der Waals surface area contributed by atoms with Crippen molar-refractivity contribution in [3.63, 3.8) is 0 Å². The maximum atomic E-state index is 5.71. The maximum Gasteiger partial charge on any atom is 0.115 e. The van der Waals surface area contributed by atoms with Crippen molar-refractivity contribution in [2.24, 2.45) is 0 Å². The molecule has 68 valence electrons. The first-order valence-corrected chi connectivity index (χ1v) is 4.87. The Morgan fingerprint density at radius 1 is 0.933 bits per heavy atom. The van der Waals surface area contributed by atoms with E-state index in [9.17, 15) is 0 Å². The zero-order valence-corrected chi connectivity index (χ0v) is 8.14. The lowest BCUT2D eigenvalue weighted by Crippen LogP contribution is -2.02. The van der Waals surface area contributed by atoms with Gasteiger partial charge in [0.15, 0.2) is 0 Å². The van der Waals surface area contributed by atoms with Crippen LogP contribution in [0.2, 0.25) is 0 Å². The van der Waals surface area contributed by atoms with E-state index in [4.69, 9.17) is 7.85 Å². The highest BCUT2D eigenvalue weighted by atomic mass is 14.6. The van der Waals surface area contributed by atoms with Crippen molar-refractivity contribution < 1.29 is 0 Å². The van der Waals surface area contributed by atoms with Gasteiger partial charge in [-0.25, -0.2) is 0 Å². The quantitative estimate of drug-likeness (QED) is 0.390. The molecule has 2 aromatic carbocycles. The minimum absolute atomic E-state index is 0.706. The first-order valence-electron chi connectivity index (χ1n) is 4.87. The highest BCUT2D eigenvalue weighted by molar-refractivity contribution is 6.33. The van der Waals surface area contributed by atoms with Crippen molar-refractivity contribution in [1.29, 1.82) is 0 Å². The molecular formula is C13H8BN. The molecule has 0 N–H and O–H groups in total. The predicted octanol–water partition coefficient (Wildman–Crippen LogP) is 2.18. The summed E-state index contributed by atoms with van der Waals surface area (Å²) in [6, 6.07) is 14.3. The normalized spacial score (nSPS) is 10.9. The Hall–Kier alpha value is -1.83. The van der Waals surface area contributed by atoms with E-state index in [1.54, 1.807) is 6.20 Å². The molecule has 0 saturated heterocycles. The van der Waals surface area contributed by atoms with Gasteiger partial charge < -0.3 is 0 Å². The first kappa shape index (κ1) is 8.48. The third kappa shape index (κ3) is 1.30. The van der Waals surface area contributed by atoms with Crippen LogP contribution in [0.1, 0.15) is 0 Å². The van der Waals surface area contributed by atoms with E-state index in [0.717, 1.165) is 10.9 Å². The lowest BCUT2D eigenvalue weighted by molar-refractivity contribution is 1.45. The van der Waals surface area contributed by atoms with Gasteiger partial charge in [-0.2, -0.15) is 0 Å². The molecular weight excluding hydrogens is 181 g/mol. The number of aromatic nitrogens is 1. The first-order chi connectivity index (χ1) is 7.34. The summed E-state index contributed by atoms with van der Waals surface area (Å²) in [6.45, 7) is 0. The van der Waals surface area contributed by atoms with Gasteiger partial charge in [-0.1, -0.05) is 47.9 Å². The summed E-state index contributed by atoms with van der Waals surface area (Å²) in [7, 11) is 5.71. The van der Waals surface area contributed by atoms with Gasteiger partial charge in [-0.15, -0.1) is 0 Å². The van der Waals surface area contributed by atoms with Gasteiger partial charge in [-0.05, 0) is 5.39 Å². The van der Waals surface area contributed by atoms with Crippen LogP contribution in [0.25, 0.3) is 21.7 Å². The van der Waals surface area contributed by atoms with E-state index in [1.165, 1.54) is 10.8 Å². The van der Waals surface area contributed by atoms with E-state index in [2.05, 4.69) is 29.2 Å². The zero-order chi connectivity index (χ0) is 10.3. The number of fused-ring (bicyclic) bond motifs is 3. The van der Waals surface area contributed by atoms with E-state index in [0.29, 0.717) is 5.46 Å². The Morgan fingerprint density at radius 3 is 2.67 bits per heavy atom. The van der Waals surface area contributed by atoms with E-state index >= 15 is 0 Å². The fraction of sp³-hybridized carbons (Fsp3) is 0. The third-order valence-electron chi connectivity index (χ3n) is 2.60. The van der Waals surface area contributed by atoms with Crippen LogP contribution in [0.3, 0.4) is 0 Å². The lowest BCUT2D eigenvalue weighted by Gasteiger charge is -2.03. The molecule has 1 heterocycles. The van der Waals surface area contributed by atoms with Crippen molar-refractivity contribution >= 4 is 35.0 Å². The number of hydrogen-bond acceptors (Lipinski definition) is 1. The van der Waals surface area contributed by atoms with Gasteiger partial charge in [0, 0.05) is 17.0 Å². The molecule has 2 heteroatoms. The molecule has 1 aromatic heterocycles. The van der Waals surface area contributed by atoms with Crippen LogP contribution in [-0.2, 0) is 0 Å². The van der Waals surface area contributed by atoms with Gasteiger partial charge in [-0.3, -0.25) is 4.98 Å². The Labute approximate surface area is 89.2 Å². The van der Waals surface area contributed by atoms with Crippen LogP contribution < -0.4 is 5.46 Å². The number of nitrogens with zero attached hydrogens (tertiary/aromatic N) is 1. The van der Waals surface area contributed by atoms with E-state index in [-0.39, 0.29) is 0 Å². The summed E-state index contributed by atoms with van der Waals surface area (Å²) in [6.07, 6.45) is 1.70. The van der Waals surface area contributed by atoms with Crippen molar-refractivity contribution in [1.82, 2.24) is 4.98 Å². The minimum Gasteiger partial charge on any atom is -0.256 e. The number of rotatable bonds is 0. The molecule has 0 fully saturated rings. The molecule has 15 heavy (non-hydrogen) atoms. The summed E-state index contributed by atoms with van der Waals surface area (Å²) in [5, 5.41) is 3.48. The van der Waals surface area contributed by atoms with Crippen LogP contribution in [0.15, 0.2) is 48.7 Å². The molecule has 3 rings (SSSR count). The average molecular weight is 189 g/mol. The average Bonchev–Trinajstić information content (AvgIpc) is 2.28. The molecule has 3 aromatic rings. The standard InChI is InChI=1S/C13H8BN/c14-11-7-10-6-5-9-3-1-2-4-12(9)13(10)15-8-11/h1-8H. The highest BCUT2D eigenvalue weighted by Gasteiger charge is 2.00. The molecule has 0 saturated carbocycles. The van der Waals surface area contributed by atoms with Crippen LogP contribution >= 0.6 is 0 Å². The summed E-state index contributed by atoms with van der Waals surface area (Å²) in [4.78, 5) is 4.38. The zero-order valence-electron chi connectivity index (χ0n) is 8.14. The Balaban J connectivity index is 2.55. The predicted molar refractivity (Wildman–Crippen MR) is 64.6 cm³/mol. The molecule has 0 unspecified atom stereocenters. The van der Waals surface area contributed by atoms with Gasteiger partial charge in [0.2, 0.25) is 0 Å². The van der Waals surface area contributed by atoms with Gasteiger partial charge in [0.1, 0.15) is 7.85 Å². The molecule has 0 atom stereocenters. The van der Waals surface area contributed by atoms with E-state index in [1.807, 2.05) is 18.2 Å². The highest BCUT2D eigenvalue weighted by Crippen LogP contribution is 2.22.